The van der Waals surface area contributed by atoms with Gasteiger partial charge in [0.2, 0.25) is 0 Å². The Balaban J connectivity index is 2.31. The SMILES string of the molecule is COC1CNC(=O)C2(C)CCC(C(=O)[O][Hg-]([CH2]C(=O)O)[S]C1)C2(C)C. The minimum atomic E-state index is -3.34. The first-order valence-corrected chi connectivity index (χ1v) is 22.7. The number of amides is 1. The summed E-state index contributed by atoms with van der Waals surface area (Å²) in [5, 5.41) is 12.1. The van der Waals surface area contributed by atoms with Crippen molar-refractivity contribution < 1.29 is 48.8 Å². The summed E-state index contributed by atoms with van der Waals surface area (Å²) in [7, 11) is 3.02. The van der Waals surface area contributed by atoms with Crippen LogP contribution in [-0.2, 0) is 43.7 Å². The molecule has 2 fully saturated rings. The van der Waals surface area contributed by atoms with Crippen LogP contribution < -0.4 is 5.32 Å². The van der Waals surface area contributed by atoms with Crippen LogP contribution in [-0.4, -0.2) is 48.5 Å². The van der Waals surface area contributed by atoms with E-state index in [-0.39, 0.29) is 27.8 Å². The van der Waals surface area contributed by atoms with Crippen LogP contribution >= 0.6 is 8.24 Å². The van der Waals surface area contributed by atoms with Gasteiger partial charge in [0.05, 0.1) is 0 Å². The molecule has 1 saturated heterocycles. The molecule has 2 rings (SSSR count). The molecule has 0 aromatic heterocycles. The van der Waals surface area contributed by atoms with Gasteiger partial charge in [-0.25, -0.2) is 0 Å². The van der Waals surface area contributed by atoms with E-state index in [2.05, 4.69) is 5.32 Å². The minimum absolute atomic E-state index is 0.0288. The van der Waals surface area contributed by atoms with E-state index >= 15 is 0 Å². The number of hydrogen-bond acceptors (Lipinski definition) is 6. The number of carbonyl (C=O) groups excluding carboxylic acids is 2. The molecule has 2 N–H and O–H groups in total. The number of methoxy groups -OCH3 is 1. The standard InChI is InChI=1S/C14H25NO4S.C2H3O2.Hg/c1-13(2)10(11(16)17)5-6-14(13,3)12(18)15-7-9(8-20)19-4;1-2(3)4;/h9-10,20H,5-8H2,1-4H3,(H,15,18)(H,16,17);1H2,(H,3,4);/q;;+1/p-2. The summed E-state index contributed by atoms with van der Waals surface area (Å²) >= 11 is -3.34. The first-order valence-electron chi connectivity index (χ1n) is 8.66. The molecule has 9 heteroatoms. The van der Waals surface area contributed by atoms with Crippen molar-refractivity contribution in [1.29, 1.82) is 0 Å². The van der Waals surface area contributed by atoms with Crippen LogP contribution in [0.25, 0.3) is 0 Å². The molecule has 2 aliphatic rings. The number of carbonyl (C=O) groups is 3. The molecule has 3 atom stereocenters. The van der Waals surface area contributed by atoms with Crippen LogP contribution in [0.5, 0.6) is 0 Å². The van der Waals surface area contributed by atoms with Crippen LogP contribution in [0, 0.1) is 16.7 Å². The molecule has 1 aliphatic heterocycles. The van der Waals surface area contributed by atoms with Gasteiger partial charge < -0.3 is 0 Å². The second kappa shape index (κ2) is 8.13. The fourth-order valence-electron chi connectivity index (χ4n) is 3.79. The molecule has 0 aromatic carbocycles. The van der Waals surface area contributed by atoms with Crippen molar-refractivity contribution in [2.24, 2.45) is 16.7 Å². The number of ether oxygens (including phenoxy) is 1. The number of carboxylic acid groups (broad SMARTS) is 1. The van der Waals surface area contributed by atoms with Crippen molar-refractivity contribution in [2.45, 2.75) is 43.6 Å². The Morgan fingerprint density at radius 1 is 1.44 bits per heavy atom. The zero-order valence-corrected chi connectivity index (χ0v) is 21.6. The molecule has 0 spiro atoms. The van der Waals surface area contributed by atoms with Crippen LogP contribution in [0.2, 0.25) is 3.93 Å². The van der Waals surface area contributed by atoms with Gasteiger partial charge in [0.1, 0.15) is 0 Å². The molecule has 1 amide bonds. The summed E-state index contributed by atoms with van der Waals surface area (Å²) < 4.78 is 11.1. The summed E-state index contributed by atoms with van der Waals surface area (Å²) in [6, 6.07) is 0. The molecule has 140 valence electrons. The zero-order chi connectivity index (χ0) is 18.8. The molecule has 0 radical (unpaired) electrons. The Kier molecular flexibility index (Phi) is 6.81. The second-order valence-electron chi connectivity index (χ2n) is 7.72. The Bertz CT molecular complexity index is 557. The molecule has 2 bridgehead atoms. The fraction of sp³-hybridized carbons (Fsp3) is 0.812. The van der Waals surface area contributed by atoms with E-state index in [1.54, 1.807) is 7.11 Å². The van der Waals surface area contributed by atoms with Gasteiger partial charge in [0.25, 0.3) is 0 Å². The van der Waals surface area contributed by atoms with Crippen molar-refractivity contribution in [3.05, 3.63) is 0 Å². The van der Waals surface area contributed by atoms with Gasteiger partial charge in [-0.15, -0.1) is 0 Å². The molecule has 1 saturated carbocycles. The average Bonchev–Trinajstić information content (AvgIpc) is 2.77. The summed E-state index contributed by atoms with van der Waals surface area (Å²) in [5.41, 5.74) is -1.22. The van der Waals surface area contributed by atoms with Crippen molar-refractivity contribution in [3.8, 4) is 0 Å². The van der Waals surface area contributed by atoms with E-state index in [0.29, 0.717) is 25.1 Å². The molecule has 3 unspecified atom stereocenters. The second-order valence-corrected chi connectivity index (χ2v) is 26.0. The molecule has 1 aliphatic carbocycles. The topological polar surface area (TPSA) is 102 Å². The Morgan fingerprint density at radius 2 is 2.12 bits per heavy atom. The number of hydrogen-bond donors (Lipinski definition) is 2. The fourth-order valence-corrected chi connectivity index (χ4v) is 19.9. The summed E-state index contributed by atoms with van der Waals surface area (Å²) in [6.45, 7) is 6.14. The van der Waals surface area contributed by atoms with Crippen molar-refractivity contribution >= 4 is 26.1 Å². The molecular weight excluding hydrogens is 535 g/mol. The van der Waals surface area contributed by atoms with E-state index in [4.69, 9.17) is 12.5 Å². The molecule has 7 nitrogen and oxygen atoms in total. The van der Waals surface area contributed by atoms with E-state index in [1.165, 1.54) is 8.24 Å². The Morgan fingerprint density at radius 3 is 2.72 bits per heavy atom. The number of aliphatic carboxylic acids is 1. The zero-order valence-electron chi connectivity index (χ0n) is 15.3. The van der Waals surface area contributed by atoms with Gasteiger partial charge in [0, 0.05) is 0 Å². The van der Waals surface area contributed by atoms with Crippen LogP contribution in [0.1, 0.15) is 33.6 Å². The maximum atomic E-state index is 12.8. The normalized spacial score (nSPS) is 33.0. The van der Waals surface area contributed by atoms with Gasteiger partial charge >= 0.3 is 160 Å². The predicted octanol–water partition coefficient (Wildman–Crippen LogP) is 1.80. The third kappa shape index (κ3) is 4.32. The summed E-state index contributed by atoms with van der Waals surface area (Å²) in [5.74, 6) is -1.14. The first kappa shape index (κ1) is 21.0. The summed E-state index contributed by atoms with van der Waals surface area (Å²) in [6.07, 6.45) is 0.969. The quantitative estimate of drug-likeness (QED) is 0.508. The van der Waals surface area contributed by atoms with Gasteiger partial charge in [-0.05, 0) is 0 Å². The molecule has 0 aromatic rings. The first-order chi connectivity index (χ1) is 11.6. The van der Waals surface area contributed by atoms with Gasteiger partial charge in [-0.3, -0.25) is 0 Å². The van der Waals surface area contributed by atoms with Gasteiger partial charge in [0.15, 0.2) is 0 Å². The number of nitrogens with one attached hydrogen (secondary N) is 1. The third-order valence-electron chi connectivity index (χ3n) is 6.09. The van der Waals surface area contributed by atoms with Crippen molar-refractivity contribution in [1.82, 2.24) is 5.32 Å². The number of rotatable bonds is 3. The Hall–Kier alpha value is -0.345. The van der Waals surface area contributed by atoms with Gasteiger partial charge in [-0.2, -0.15) is 0 Å². The third-order valence-corrected chi connectivity index (χ3v) is 23.6. The predicted molar refractivity (Wildman–Crippen MR) is 89.4 cm³/mol. The van der Waals surface area contributed by atoms with E-state index in [0.717, 1.165) is 0 Å². The molecule has 25 heavy (non-hydrogen) atoms. The van der Waals surface area contributed by atoms with Crippen LogP contribution in [0.4, 0.5) is 0 Å². The van der Waals surface area contributed by atoms with Crippen LogP contribution in [0.3, 0.4) is 0 Å². The maximum absolute atomic E-state index is 12.8. The van der Waals surface area contributed by atoms with Crippen molar-refractivity contribution in [2.75, 3.05) is 19.4 Å². The van der Waals surface area contributed by atoms with E-state index in [9.17, 15) is 14.4 Å². The Labute approximate surface area is 159 Å². The number of fused-ring (bicyclic) bond motifs is 2. The monoisotopic (exact) mass is 562 g/mol. The van der Waals surface area contributed by atoms with Gasteiger partial charge in [-0.1, -0.05) is 0 Å². The van der Waals surface area contributed by atoms with Crippen molar-refractivity contribution in [3.63, 3.8) is 0 Å². The van der Waals surface area contributed by atoms with Crippen LogP contribution in [0.15, 0.2) is 0 Å². The van der Waals surface area contributed by atoms with E-state index in [1.807, 2.05) is 20.8 Å². The molecule has 1 heterocycles. The van der Waals surface area contributed by atoms with E-state index < -0.39 is 38.8 Å². The molecular formula is C16H26HgNO6S-. The average molecular weight is 561 g/mol. The summed E-state index contributed by atoms with van der Waals surface area (Å²) in [4.78, 5) is 36.7. The number of carboxylic acids is 1.